The average molecular weight is 283 g/mol. The highest BCUT2D eigenvalue weighted by atomic mass is 19.3. The number of hydrogen-bond donors (Lipinski definition) is 1. The van der Waals surface area contributed by atoms with Crippen LogP contribution in [0.1, 0.15) is 43.4 Å². The molecule has 0 saturated heterocycles. The number of nitrogens with zero attached hydrogens (tertiary/aromatic N) is 4. The molecule has 0 radical (unpaired) electrons. The van der Waals surface area contributed by atoms with Gasteiger partial charge in [0.1, 0.15) is 12.6 Å². The van der Waals surface area contributed by atoms with Gasteiger partial charge < -0.3 is 9.84 Å². The molecule has 0 bridgehead atoms. The third-order valence-electron chi connectivity index (χ3n) is 3.11. The molecule has 20 heavy (non-hydrogen) atoms. The summed E-state index contributed by atoms with van der Waals surface area (Å²) in [5.74, 6) is 1.68. The molecule has 0 aromatic carbocycles. The van der Waals surface area contributed by atoms with Crippen LogP contribution in [0, 0.1) is 0 Å². The summed E-state index contributed by atoms with van der Waals surface area (Å²) in [5, 5.41) is 10.9. The molecule has 1 aliphatic carbocycles. The van der Waals surface area contributed by atoms with E-state index in [0.29, 0.717) is 17.5 Å². The lowest BCUT2D eigenvalue weighted by atomic mass is 10.3. The Bertz CT molecular complexity index is 578. The zero-order valence-electron chi connectivity index (χ0n) is 11.0. The van der Waals surface area contributed by atoms with Crippen molar-refractivity contribution in [2.24, 2.45) is 0 Å². The Kier molecular flexibility index (Phi) is 3.37. The molecular weight excluding hydrogens is 268 g/mol. The minimum Gasteiger partial charge on any atom is -0.371 e. The molecule has 8 heteroatoms. The summed E-state index contributed by atoms with van der Waals surface area (Å²) in [4.78, 5) is 4.34. The van der Waals surface area contributed by atoms with Crippen LogP contribution in [0.4, 0.5) is 14.5 Å². The van der Waals surface area contributed by atoms with Gasteiger partial charge in [0.15, 0.2) is 5.82 Å². The first-order valence-electron chi connectivity index (χ1n) is 6.52. The SMILES string of the molecule is C[C@H](Nc1cnn(CC(F)F)c1)c1nc(C2CC2)no1. The summed E-state index contributed by atoms with van der Waals surface area (Å²) in [6.07, 6.45) is 2.83. The van der Waals surface area contributed by atoms with Crippen LogP contribution in [-0.4, -0.2) is 26.3 Å². The number of halogens is 2. The van der Waals surface area contributed by atoms with Crippen LogP contribution in [0.3, 0.4) is 0 Å². The molecule has 3 rings (SSSR count). The van der Waals surface area contributed by atoms with Crippen molar-refractivity contribution < 1.29 is 13.3 Å². The third kappa shape index (κ3) is 2.94. The lowest BCUT2D eigenvalue weighted by Gasteiger charge is -2.08. The molecule has 0 aliphatic heterocycles. The van der Waals surface area contributed by atoms with Gasteiger partial charge in [-0.1, -0.05) is 5.16 Å². The third-order valence-corrected chi connectivity index (χ3v) is 3.11. The predicted molar refractivity (Wildman–Crippen MR) is 66.5 cm³/mol. The molecule has 2 aromatic rings. The van der Waals surface area contributed by atoms with Gasteiger partial charge in [-0.05, 0) is 19.8 Å². The second kappa shape index (κ2) is 5.18. The largest absolute Gasteiger partial charge is 0.371 e. The molecule has 0 amide bonds. The topological polar surface area (TPSA) is 68.8 Å². The smallest absolute Gasteiger partial charge is 0.257 e. The molecule has 108 valence electrons. The number of aromatic nitrogens is 4. The highest BCUT2D eigenvalue weighted by molar-refractivity contribution is 5.39. The monoisotopic (exact) mass is 283 g/mol. The highest BCUT2D eigenvalue weighted by Gasteiger charge is 2.29. The molecular formula is C12H15F2N5O. The van der Waals surface area contributed by atoms with Crippen LogP contribution in [0.5, 0.6) is 0 Å². The molecule has 0 spiro atoms. The Hall–Kier alpha value is -1.99. The Balaban J connectivity index is 1.62. The number of nitrogens with one attached hydrogen (secondary N) is 1. The number of rotatable bonds is 6. The summed E-state index contributed by atoms with van der Waals surface area (Å²) >= 11 is 0. The fraction of sp³-hybridized carbons (Fsp3) is 0.583. The predicted octanol–water partition coefficient (Wildman–Crippen LogP) is 2.58. The summed E-state index contributed by atoms with van der Waals surface area (Å²) in [6, 6.07) is -0.195. The van der Waals surface area contributed by atoms with Crippen molar-refractivity contribution in [1.82, 2.24) is 19.9 Å². The molecule has 1 aliphatic rings. The Morgan fingerprint density at radius 2 is 2.30 bits per heavy atom. The van der Waals surface area contributed by atoms with E-state index in [1.54, 1.807) is 0 Å². The van der Waals surface area contributed by atoms with Gasteiger partial charge in [0, 0.05) is 12.1 Å². The van der Waals surface area contributed by atoms with Crippen molar-refractivity contribution >= 4 is 5.69 Å². The van der Waals surface area contributed by atoms with Crippen molar-refractivity contribution in [3.63, 3.8) is 0 Å². The summed E-state index contributed by atoms with van der Waals surface area (Å²) in [6.45, 7) is 1.46. The number of anilines is 1. The van der Waals surface area contributed by atoms with E-state index in [0.717, 1.165) is 18.7 Å². The van der Waals surface area contributed by atoms with Crippen molar-refractivity contribution in [1.29, 1.82) is 0 Å². The second-order valence-electron chi connectivity index (χ2n) is 4.97. The summed E-state index contributed by atoms with van der Waals surface area (Å²) in [7, 11) is 0. The van der Waals surface area contributed by atoms with Gasteiger partial charge in [-0.15, -0.1) is 0 Å². The van der Waals surface area contributed by atoms with Crippen LogP contribution in [0.2, 0.25) is 0 Å². The minimum atomic E-state index is -2.42. The van der Waals surface area contributed by atoms with Gasteiger partial charge in [0.25, 0.3) is 6.43 Å². The molecule has 0 unspecified atom stereocenters. The van der Waals surface area contributed by atoms with E-state index in [1.807, 2.05) is 6.92 Å². The molecule has 1 atom stereocenters. The van der Waals surface area contributed by atoms with Crippen LogP contribution >= 0.6 is 0 Å². The fourth-order valence-electron chi connectivity index (χ4n) is 1.92. The van der Waals surface area contributed by atoms with Gasteiger partial charge in [0.2, 0.25) is 5.89 Å². The van der Waals surface area contributed by atoms with Gasteiger partial charge >= 0.3 is 0 Å². The van der Waals surface area contributed by atoms with Gasteiger partial charge in [-0.3, -0.25) is 4.68 Å². The quantitative estimate of drug-likeness (QED) is 0.882. The summed E-state index contributed by atoms with van der Waals surface area (Å²) in [5.41, 5.74) is 0.643. The maximum absolute atomic E-state index is 12.2. The van der Waals surface area contributed by atoms with E-state index in [1.165, 1.54) is 17.1 Å². The first kappa shape index (κ1) is 13.0. The maximum atomic E-state index is 12.2. The molecule has 2 heterocycles. The normalized spacial score (nSPS) is 16.6. The van der Waals surface area contributed by atoms with Gasteiger partial charge in [-0.25, -0.2) is 8.78 Å². The molecule has 2 aromatic heterocycles. The van der Waals surface area contributed by atoms with Gasteiger partial charge in [-0.2, -0.15) is 10.1 Å². The Morgan fingerprint density at radius 3 is 3.00 bits per heavy atom. The number of alkyl halides is 2. The first-order valence-corrected chi connectivity index (χ1v) is 6.52. The maximum Gasteiger partial charge on any atom is 0.257 e. The lowest BCUT2D eigenvalue weighted by molar-refractivity contribution is 0.122. The zero-order chi connectivity index (χ0) is 14.1. The van der Waals surface area contributed by atoms with Crippen molar-refractivity contribution in [3.8, 4) is 0 Å². The van der Waals surface area contributed by atoms with Crippen molar-refractivity contribution in [2.45, 2.75) is 44.7 Å². The molecule has 1 fully saturated rings. The van der Waals surface area contributed by atoms with Crippen molar-refractivity contribution in [2.75, 3.05) is 5.32 Å². The minimum absolute atomic E-state index is 0.195. The Labute approximate surface area is 114 Å². The highest BCUT2D eigenvalue weighted by Crippen LogP contribution is 2.38. The Morgan fingerprint density at radius 1 is 1.50 bits per heavy atom. The summed E-state index contributed by atoms with van der Waals surface area (Å²) < 4.78 is 30.9. The van der Waals surface area contributed by atoms with E-state index in [2.05, 4.69) is 20.6 Å². The first-order chi connectivity index (χ1) is 9.61. The van der Waals surface area contributed by atoms with E-state index >= 15 is 0 Å². The van der Waals surface area contributed by atoms with E-state index < -0.39 is 13.0 Å². The zero-order valence-corrected chi connectivity index (χ0v) is 11.0. The van der Waals surface area contributed by atoms with E-state index in [9.17, 15) is 8.78 Å². The standard InChI is InChI=1S/C12H15F2N5O/c1-7(12-17-11(18-20-12)8-2-3-8)16-9-4-15-19(5-9)6-10(13)14/h4-5,7-8,10,16H,2-3,6H2,1H3/t7-/m0/s1. The van der Waals surface area contributed by atoms with Crippen LogP contribution in [0.25, 0.3) is 0 Å². The fourth-order valence-corrected chi connectivity index (χ4v) is 1.92. The average Bonchev–Trinajstić information content (AvgIpc) is 2.96. The van der Waals surface area contributed by atoms with Crippen LogP contribution < -0.4 is 5.32 Å². The molecule has 6 nitrogen and oxygen atoms in total. The molecule has 1 N–H and O–H groups in total. The second-order valence-corrected chi connectivity index (χ2v) is 4.97. The van der Waals surface area contributed by atoms with E-state index in [4.69, 9.17) is 4.52 Å². The van der Waals surface area contributed by atoms with Crippen LogP contribution in [-0.2, 0) is 6.54 Å². The molecule has 1 saturated carbocycles. The van der Waals surface area contributed by atoms with Gasteiger partial charge in [0.05, 0.1) is 11.9 Å². The van der Waals surface area contributed by atoms with Crippen LogP contribution in [0.15, 0.2) is 16.9 Å². The number of hydrogen-bond acceptors (Lipinski definition) is 5. The lowest BCUT2D eigenvalue weighted by Crippen LogP contribution is -2.08. The van der Waals surface area contributed by atoms with E-state index in [-0.39, 0.29) is 6.04 Å². The van der Waals surface area contributed by atoms with Crippen molar-refractivity contribution in [3.05, 3.63) is 24.1 Å².